The molecule has 7 heteroatoms. The summed E-state index contributed by atoms with van der Waals surface area (Å²) in [4.78, 5) is 30.1. The topological polar surface area (TPSA) is 66.7 Å². The molecular formula is C21H22ClN3O3. The predicted octanol–water partition coefficient (Wildman–Crippen LogP) is 3.15. The van der Waals surface area contributed by atoms with Crippen LogP contribution in [0, 0.1) is 0 Å². The first-order valence-electron chi connectivity index (χ1n) is 9.84. The fourth-order valence-electron chi connectivity index (χ4n) is 5.08. The van der Waals surface area contributed by atoms with Crippen LogP contribution in [-0.2, 0) is 21.5 Å². The number of benzene rings is 1. The molecule has 6 nitrogen and oxygen atoms in total. The minimum Gasteiger partial charge on any atom is -0.364 e. The molecule has 2 amide bonds. The van der Waals surface area contributed by atoms with Gasteiger partial charge in [-0.1, -0.05) is 35.3 Å². The molecule has 2 aliphatic heterocycles. The second-order valence-electron chi connectivity index (χ2n) is 8.08. The van der Waals surface area contributed by atoms with Crippen LogP contribution in [0.1, 0.15) is 43.4 Å². The predicted molar refractivity (Wildman–Crippen MR) is 103 cm³/mol. The third-order valence-corrected chi connectivity index (χ3v) is 6.96. The Hall–Kier alpha value is -2.34. The van der Waals surface area contributed by atoms with Gasteiger partial charge in [-0.05, 0) is 37.0 Å². The number of hydrogen-bond donors (Lipinski definition) is 0. The van der Waals surface area contributed by atoms with E-state index in [1.807, 2.05) is 34.1 Å². The van der Waals surface area contributed by atoms with Gasteiger partial charge in [0.25, 0.3) is 0 Å². The molecule has 5 rings (SSSR count). The Morgan fingerprint density at radius 2 is 2.00 bits per heavy atom. The van der Waals surface area contributed by atoms with E-state index in [2.05, 4.69) is 5.16 Å². The largest absolute Gasteiger partial charge is 0.364 e. The molecule has 3 aliphatic rings. The zero-order valence-corrected chi connectivity index (χ0v) is 16.3. The Kier molecular flexibility index (Phi) is 4.19. The summed E-state index contributed by atoms with van der Waals surface area (Å²) >= 11 is 6.04. The molecule has 0 spiro atoms. The molecule has 28 heavy (non-hydrogen) atoms. The fourth-order valence-corrected chi connectivity index (χ4v) is 5.21. The second-order valence-corrected chi connectivity index (χ2v) is 8.52. The number of hydrogen-bond acceptors (Lipinski definition) is 4. The van der Waals surface area contributed by atoms with Gasteiger partial charge in [0.05, 0.1) is 24.0 Å². The van der Waals surface area contributed by atoms with Crippen LogP contribution in [0.15, 0.2) is 41.1 Å². The van der Waals surface area contributed by atoms with Crippen LogP contribution < -0.4 is 0 Å². The van der Waals surface area contributed by atoms with E-state index in [4.69, 9.17) is 16.1 Å². The van der Waals surface area contributed by atoms with Crippen LogP contribution in [0.5, 0.6) is 0 Å². The van der Waals surface area contributed by atoms with E-state index in [9.17, 15) is 9.59 Å². The number of halogens is 1. The van der Waals surface area contributed by atoms with Crippen molar-refractivity contribution in [1.82, 2.24) is 15.0 Å². The number of rotatable bonds is 4. The summed E-state index contributed by atoms with van der Waals surface area (Å²) in [6, 6.07) is 9.47. The lowest BCUT2D eigenvalue weighted by atomic mass is 9.63. The van der Waals surface area contributed by atoms with Gasteiger partial charge in [-0.2, -0.15) is 0 Å². The van der Waals surface area contributed by atoms with Crippen LogP contribution >= 0.6 is 11.6 Å². The van der Waals surface area contributed by atoms with Crippen molar-refractivity contribution in [1.29, 1.82) is 0 Å². The second kappa shape index (κ2) is 6.62. The van der Waals surface area contributed by atoms with Gasteiger partial charge in [0, 0.05) is 24.1 Å². The molecule has 1 saturated carbocycles. The summed E-state index contributed by atoms with van der Waals surface area (Å²) in [6.07, 6.45) is 5.50. The number of carbonyl (C=O) groups excluding carboxylic acids is 2. The van der Waals surface area contributed by atoms with E-state index in [0.29, 0.717) is 24.5 Å². The smallest absolute Gasteiger partial charge is 0.233 e. The number of aromatic nitrogens is 1. The van der Waals surface area contributed by atoms with Gasteiger partial charge < -0.3 is 14.3 Å². The van der Waals surface area contributed by atoms with Crippen LogP contribution in [0.25, 0.3) is 0 Å². The summed E-state index contributed by atoms with van der Waals surface area (Å²) in [5, 5.41) is 4.61. The lowest BCUT2D eigenvalue weighted by Crippen LogP contribution is -2.53. The molecule has 2 aromatic rings. The zero-order chi connectivity index (χ0) is 19.3. The number of likely N-dealkylation sites (tertiary alicyclic amines) is 2. The van der Waals surface area contributed by atoms with Crippen molar-refractivity contribution in [3.8, 4) is 0 Å². The van der Waals surface area contributed by atoms with Gasteiger partial charge in [-0.25, -0.2) is 0 Å². The van der Waals surface area contributed by atoms with Crippen LogP contribution in [0.4, 0.5) is 0 Å². The molecular weight excluding hydrogens is 378 g/mol. The molecule has 2 saturated heterocycles. The van der Waals surface area contributed by atoms with Gasteiger partial charge in [-0.15, -0.1) is 0 Å². The molecule has 1 aromatic carbocycles. The first kappa shape index (κ1) is 17.7. The van der Waals surface area contributed by atoms with Crippen LogP contribution in [0.2, 0.25) is 5.02 Å². The van der Waals surface area contributed by atoms with Crippen LogP contribution in [-0.4, -0.2) is 45.4 Å². The highest BCUT2D eigenvalue weighted by molar-refractivity contribution is 6.30. The molecule has 0 radical (unpaired) electrons. The molecule has 1 aromatic heterocycles. The van der Waals surface area contributed by atoms with Gasteiger partial charge in [0.2, 0.25) is 11.8 Å². The summed E-state index contributed by atoms with van der Waals surface area (Å²) in [7, 11) is 0. The molecule has 1 aliphatic carbocycles. The van der Waals surface area contributed by atoms with Crippen LogP contribution in [0.3, 0.4) is 0 Å². The van der Waals surface area contributed by atoms with Crippen molar-refractivity contribution in [3.05, 3.63) is 52.9 Å². The summed E-state index contributed by atoms with van der Waals surface area (Å²) in [5.74, 6) is 0.259. The summed E-state index contributed by atoms with van der Waals surface area (Å²) < 4.78 is 4.89. The molecule has 3 heterocycles. The highest BCUT2D eigenvalue weighted by atomic mass is 35.5. The average molecular weight is 400 g/mol. The van der Waals surface area contributed by atoms with E-state index in [0.717, 1.165) is 36.9 Å². The standard InChI is InChI=1S/C21H22ClN3O3/c22-15-4-2-14(3-5-15)21(8-1-9-21)20(27)24-10-6-17-18(24)12-19(26)25(17)13-16-7-11-28-23-16/h2-5,7,11,17-18H,1,6,8-10,12-13H2/t17-,18-/m0/s1. The molecule has 0 unspecified atom stereocenters. The lowest BCUT2D eigenvalue weighted by molar-refractivity contribution is -0.141. The summed E-state index contributed by atoms with van der Waals surface area (Å²) in [5.41, 5.74) is 1.33. The van der Waals surface area contributed by atoms with Crippen molar-refractivity contribution in [2.24, 2.45) is 0 Å². The maximum atomic E-state index is 13.6. The molecule has 0 bridgehead atoms. The van der Waals surface area contributed by atoms with E-state index < -0.39 is 5.41 Å². The average Bonchev–Trinajstić information content (AvgIpc) is 3.35. The number of fused-ring (bicyclic) bond motifs is 1. The van der Waals surface area contributed by atoms with E-state index in [1.54, 1.807) is 6.07 Å². The first-order valence-corrected chi connectivity index (χ1v) is 10.2. The SMILES string of the molecule is O=C1C[C@H]2[C@H](CCN2C(=O)C2(c3ccc(Cl)cc3)CCC2)N1Cc1ccon1. The number of carbonyl (C=O) groups is 2. The van der Waals surface area contributed by atoms with Crippen molar-refractivity contribution in [2.75, 3.05) is 6.54 Å². The zero-order valence-electron chi connectivity index (χ0n) is 15.5. The van der Waals surface area contributed by atoms with Gasteiger partial charge in [0.1, 0.15) is 12.0 Å². The Morgan fingerprint density at radius 1 is 1.21 bits per heavy atom. The fraction of sp³-hybridized carbons (Fsp3) is 0.476. The van der Waals surface area contributed by atoms with Crippen molar-refractivity contribution in [2.45, 2.75) is 56.1 Å². The normalized spacial score (nSPS) is 25.7. The van der Waals surface area contributed by atoms with E-state index in [1.165, 1.54) is 6.26 Å². The minimum absolute atomic E-state index is 0.0447. The maximum Gasteiger partial charge on any atom is 0.233 e. The monoisotopic (exact) mass is 399 g/mol. The Balaban J connectivity index is 1.38. The third-order valence-electron chi connectivity index (χ3n) is 6.71. The van der Waals surface area contributed by atoms with E-state index >= 15 is 0 Å². The third kappa shape index (κ3) is 2.65. The van der Waals surface area contributed by atoms with Gasteiger partial charge in [-0.3, -0.25) is 9.59 Å². The minimum atomic E-state index is -0.456. The Bertz CT molecular complexity index is 892. The quantitative estimate of drug-likeness (QED) is 0.792. The highest BCUT2D eigenvalue weighted by Crippen LogP contribution is 2.47. The Morgan fingerprint density at radius 3 is 2.64 bits per heavy atom. The lowest BCUT2D eigenvalue weighted by Gasteiger charge is -2.44. The number of nitrogens with zero attached hydrogens (tertiary/aromatic N) is 3. The molecule has 0 N–H and O–H groups in total. The van der Waals surface area contributed by atoms with Gasteiger partial charge >= 0.3 is 0 Å². The summed E-state index contributed by atoms with van der Waals surface area (Å²) in [6.45, 7) is 1.15. The molecule has 2 atom stereocenters. The van der Waals surface area contributed by atoms with E-state index in [-0.39, 0.29) is 23.9 Å². The van der Waals surface area contributed by atoms with Crippen molar-refractivity contribution >= 4 is 23.4 Å². The molecule has 3 fully saturated rings. The van der Waals surface area contributed by atoms with Crippen molar-refractivity contribution < 1.29 is 14.1 Å². The number of amides is 2. The maximum absolute atomic E-state index is 13.6. The van der Waals surface area contributed by atoms with Gasteiger partial charge in [0.15, 0.2) is 0 Å². The van der Waals surface area contributed by atoms with Crippen molar-refractivity contribution in [3.63, 3.8) is 0 Å². The molecule has 146 valence electrons. The first-order chi connectivity index (χ1) is 13.6. The Labute approximate surface area is 168 Å². The highest BCUT2D eigenvalue weighted by Gasteiger charge is 2.54.